The van der Waals surface area contributed by atoms with Crippen LogP contribution >= 0.6 is 0 Å². The van der Waals surface area contributed by atoms with Crippen molar-refractivity contribution in [2.24, 2.45) is 0 Å². The van der Waals surface area contributed by atoms with Crippen molar-refractivity contribution < 1.29 is 0 Å². The molecule has 0 aliphatic carbocycles. The zero-order chi connectivity index (χ0) is 8.39. The lowest BCUT2D eigenvalue weighted by Crippen LogP contribution is -1.77. The fraction of sp³-hybridized carbons (Fsp3) is 0.100. The molecule has 0 atom stereocenters. The predicted molar refractivity (Wildman–Crippen MR) is 48.6 cm³/mol. The molecule has 2 aromatic rings. The summed E-state index contributed by atoms with van der Waals surface area (Å²) in [7, 11) is 0. The molecule has 1 aromatic carbocycles. The molecule has 2 rings (SSSR count). The molecule has 1 heterocycles. The molecular formula is C10H8N2. The number of hydrogen-bond donors (Lipinski definition) is 1. The van der Waals surface area contributed by atoms with Gasteiger partial charge in [0.15, 0.2) is 0 Å². The van der Waals surface area contributed by atoms with Gasteiger partial charge in [0.05, 0.1) is 0 Å². The van der Waals surface area contributed by atoms with Gasteiger partial charge in [0.25, 0.3) is 0 Å². The Labute approximate surface area is 70.7 Å². The minimum Gasteiger partial charge on any atom is -0.361 e. The van der Waals surface area contributed by atoms with Crippen molar-refractivity contribution in [3.63, 3.8) is 0 Å². The van der Waals surface area contributed by atoms with E-state index in [-0.39, 0.29) is 0 Å². The number of nitrogens with zero attached hydrogens (tertiary/aromatic N) is 1. The highest BCUT2D eigenvalue weighted by Crippen LogP contribution is 2.14. The van der Waals surface area contributed by atoms with E-state index >= 15 is 0 Å². The number of hydrogen-bond acceptors (Lipinski definition) is 0. The quantitative estimate of drug-likeness (QED) is 0.612. The Balaban J connectivity index is 2.54. The summed E-state index contributed by atoms with van der Waals surface area (Å²) < 4.78 is 0. The summed E-state index contributed by atoms with van der Waals surface area (Å²) in [5.41, 5.74) is 2.21. The SMILES string of the molecule is [C-]#[N+]Cc1ccc2[nH]ccc2c1. The standard InChI is InChI=1S/C10H8N2/c1-11-7-8-2-3-10-9(6-8)4-5-12-10/h2-6,12H,7H2. The van der Waals surface area contributed by atoms with Gasteiger partial charge < -0.3 is 9.83 Å². The number of fused-ring (bicyclic) bond motifs is 1. The third-order valence-electron chi connectivity index (χ3n) is 1.88. The highest BCUT2D eigenvalue weighted by Gasteiger charge is 1.97. The van der Waals surface area contributed by atoms with Crippen molar-refractivity contribution in [3.05, 3.63) is 47.4 Å². The molecule has 2 nitrogen and oxygen atoms in total. The molecule has 0 aliphatic rings. The molecule has 0 radical (unpaired) electrons. The van der Waals surface area contributed by atoms with Crippen LogP contribution in [0.15, 0.2) is 30.5 Å². The third-order valence-corrected chi connectivity index (χ3v) is 1.88. The second-order valence-electron chi connectivity index (χ2n) is 2.72. The van der Waals surface area contributed by atoms with Crippen molar-refractivity contribution >= 4 is 10.9 Å². The normalized spacial score (nSPS) is 9.92. The summed E-state index contributed by atoms with van der Waals surface area (Å²) in [5.74, 6) is 0. The van der Waals surface area contributed by atoms with E-state index in [4.69, 9.17) is 6.57 Å². The molecule has 0 saturated carbocycles. The van der Waals surface area contributed by atoms with Crippen LogP contribution in [0.3, 0.4) is 0 Å². The summed E-state index contributed by atoms with van der Waals surface area (Å²) in [5, 5.41) is 1.18. The zero-order valence-corrected chi connectivity index (χ0v) is 6.54. The molecule has 12 heavy (non-hydrogen) atoms. The van der Waals surface area contributed by atoms with Gasteiger partial charge in [-0.25, -0.2) is 6.57 Å². The lowest BCUT2D eigenvalue weighted by molar-refractivity contribution is 1.28. The largest absolute Gasteiger partial charge is 0.361 e. The number of benzene rings is 1. The molecule has 0 fully saturated rings. The Bertz CT molecular complexity index is 434. The number of rotatable bonds is 1. The number of aromatic nitrogens is 1. The molecule has 0 unspecified atom stereocenters. The molecule has 2 heteroatoms. The maximum absolute atomic E-state index is 6.73. The Morgan fingerprint density at radius 2 is 2.25 bits per heavy atom. The minimum atomic E-state index is 0.473. The van der Waals surface area contributed by atoms with Gasteiger partial charge >= 0.3 is 0 Å². The van der Waals surface area contributed by atoms with Gasteiger partial charge in [-0.05, 0) is 29.7 Å². The Hall–Kier alpha value is -1.75. The van der Waals surface area contributed by atoms with E-state index in [1.165, 1.54) is 5.39 Å². The van der Waals surface area contributed by atoms with E-state index in [0.29, 0.717) is 6.54 Å². The van der Waals surface area contributed by atoms with E-state index in [9.17, 15) is 0 Å². The lowest BCUT2D eigenvalue weighted by atomic mass is 10.1. The average Bonchev–Trinajstić information content (AvgIpc) is 2.51. The first-order valence-corrected chi connectivity index (χ1v) is 3.79. The average molecular weight is 156 g/mol. The van der Waals surface area contributed by atoms with Gasteiger partial charge in [0.2, 0.25) is 6.54 Å². The lowest BCUT2D eigenvalue weighted by Gasteiger charge is -1.91. The number of H-pyrrole nitrogens is 1. The van der Waals surface area contributed by atoms with Crippen molar-refractivity contribution in [1.82, 2.24) is 4.98 Å². The summed E-state index contributed by atoms with van der Waals surface area (Å²) in [6, 6.07) is 8.05. The maximum atomic E-state index is 6.73. The second-order valence-corrected chi connectivity index (χ2v) is 2.72. The summed E-state index contributed by atoms with van der Waals surface area (Å²) >= 11 is 0. The zero-order valence-electron chi connectivity index (χ0n) is 6.54. The molecule has 58 valence electrons. The van der Waals surface area contributed by atoms with Crippen molar-refractivity contribution in [1.29, 1.82) is 0 Å². The topological polar surface area (TPSA) is 20.1 Å². The van der Waals surface area contributed by atoms with E-state index in [2.05, 4.69) is 9.83 Å². The minimum absolute atomic E-state index is 0.473. The fourth-order valence-electron chi connectivity index (χ4n) is 1.29. The Morgan fingerprint density at radius 1 is 1.33 bits per heavy atom. The third kappa shape index (κ3) is 1.06. The molecule has 0 spiro atoms. The number of aromatic amines is 1. The molecule has 0 aliphatic heterocycles. The first kappa shape index (κ1) is 6.93. The van der Waals surface area contributed by atoms with Crippen LogP contribution in [-0.4, -0.2) is 4.98 Å². The van der Waals surface area contributed by atoms with Crippen LogP contribution in [0, 0.1) is 6.57 Å². The van der Waals surface area contributed by atoms with Crippen LogP contribution in [0.5, 0.6) is 0 Å². The molecular weight excluding hydrogens is 148 g/mol. The van der Waals surface area contributed by atoms with Crippen LogP contribution in [0.4, 0.5) is 0 Å². The van der Waals surface area contributed by atoms with Crippen molar-refractivity contribution in [2.45, 2.75) is 6.54 Å². The van der Waals surface area contributed by atoms with Crippen LogP contribution in [-0.2, 0) is 6.54 Å². The first-order valence-electron chi connectivity index (χ1n) is 3.79. The van der Waals surface area contributed by atoms with E-state index in [1.54, 1.807) is 0 Å². The van der Waals surface area contributed by atoms with Gasteiger partial charge in [-0.3, -0.25) is 0 Å². The fourth-order valence-corrected chi connectivity index (χ4v) is 1.29. The highest BCUT2D eigenvalue weighted by atomic mass is 14.7. The van der Waals surface area contributed by atoms with Gasteiger partial charge in [0, 0.05) is 17.3 Å². The maximum Gasteiger partial charge on any atom is 0.239 e. The first-order chi connectivity index (χ1) is 5.90. The van der Waals surface area contributed by atoms with E-state index in [1.807, 2.05) is 30.5 Å². The van der Waals surface area contributed by atoms with Crippen LogP contribution in [0.25, 0.3) is 15.7 Å². The van der Waals surface area contributed by atoms with Gasteiger partial charge in [-0.1, -0.05) is 0 Å². The highest BCUT2D eigenvalue weighted by molar-refractivity contribution is 5.79. The van der Waals surface area contributed by atoms with Gasteiger partial charge in [0.1, 0.15) is 0 Å². The van der Waals surface area contributed by atoms with Crippen LogP contribution < -0.4 is 0 Å². The van der Waals surface area contributed by atoms with Crippen molar-refractivity contribution in [3.8, 4) is 0 Å². The predicted octanol–water partition coefficient (Wildman–Crippen LogP) is 2.59. The Morgan fingerprint density at radius 3 is 3.08 bits per heavy atom. The molecule has 0 saturated heterocycles. The molecule has 0 amide bonds. The van der Waals surface area contributed by atoms with E-state index < -0.39 is 0 Å². The van der Waals surface area contributed by atoms with Gasteiger partial charge in [-0.2, -0.15) is 0 Å². The second kappa shape index (κ2) is 2.71. The summed E-state index contributed by atoms with van der Waals surface area (Å²) in [6.07, 6.45) is 1.91. The molecule has 0 bridgehead atoms. The van der Waals surface area contributed by atoms with Crippen molar-refractivity contribution in [2.75, 3.05) is 0 Å². The monoisotopic (exact) mass is 156 g/mol. The summed E-state index contributed by atoms with van der Waals surface area (Å²) in [6.45, 7) is 7.20. The summed E-state index contributed by atoms with van der Waals surface area (Å²) in [4.78, 5) is 6.45. The van der Waals surface area contributed by atoms with Crippen LogP contribution in [0.2, 0.25) is 0 Å². The smallest absolute Gasteiger partial charge is 0.239 e. The van der Waals surface area contributed by atoms with E-state index in [0.717, 1.165) is 11.1 Å². The van der Waals surface area contributed by atoms with Crippen LogP contribution in [0.1, 0.15) is 5.56 Å². The number of nitrogens with one attached hydrogen (secondary N) is 1. The molecule has 1 N–H and O–H groups in total. The molecule has 1 aromatic heterocycles. The van der Waals surface area contributed by atoms with Gasteiger partial charge in [-0.15, -0.1) is 0 Å². The Kier molecular flexibility index (Phi) is 1.56.